The van der Waals surface area contributed by atoms with Crippen molar-refractivity contribution in [3.05, 3.63) is 36.0 Å². The van der Waals surface area contributed by atoms with E-state index < -0.39 is 64.8 Å². The number of ether oxygens (including phenoxy) is 5. The summed E-state index contributed by atoms with van der Waals surface area (Å²) in [4.78, 5) is 26.1. The third-order valence-corrected chi connectivity index (χ3v) is 9.81. The van der Waals surface area contributed by atoms with Gasteiger partial charge in [-0.1, -0.05) is 38.2 Å². The first-order valence-corrected chi connectivity index (χ1v) is 13.9. The van der Waals surface area contributed by atoms with Gasteiger partial charge in [0.25, 0.3) is 0 Å². The van der Waals surface area contributed by atoms with Crippen molar-refractivity contribution >= 4 is 11.9 Å². The molecular weight excluding hydrogens is 508 g/mol. The Morgan fingerprint density at radius 1 is 1.18 bits per heavy atom. The number of hydrogen-bond donors (Lipinski definition) is 3. The molecule has 0 aromatic heterocycles. The second-order valence-electron chi connectivity index (χ2n) is 11.9. The summed E-state index contributed by atoms with van der Waals surface area (Å²) in [6.07, 6.45) is 5.77. The predicted octanol–water partition coefficient (Wildman–Crippen LogP) is 1.37. The van der Waals surface area contributed by atoms with Gasteiger partial charge in [0.05, 0.1) is 36.9 Å². The standard InChI is InChI=1S/C29H40O10/c1-17-9-11-35-20(18(2)31)6-4-5-7-24(32)39-21-13-23-29(16-37-29)27(21,3)28(15-36-26(34)25(17)33)10-8-19(14-30)12-22(28)38-23/h4-7,12,17-18,20-23,25,30-31,33H,8-11,13-16H2,1-3H3/b6-4+,7-5-/t17-,18-,20-,21-,22-,23-,25+,27-,28-,29+/m1/s1. The van der Waals surface area contributed by atoms with Crippen LogP contribution in [0.5, 0.6) is 0 Å². The van der Waals surface area contributed by atoms with Crippen molar-refractivity contribution in [3.63, 3.8) is 0 Å². The second kappa shape index (κ2) is 10.7. The Morgan fingerprint density at radius 3 is 2.64 bits per heavy atom. The number of hydrogen-bond acceptors (Lipinski definition) is 10. The Morgan fingerprint density at radius 2 is 1.95 bits per heavy atom. The van der Waals surface area contributed by atoms with E-state index in [1.54, 1.807) is 32.1 Å². The Hall–Kier alpha value is -2.08. The van der Waals surface area contributed by atoms with Crippen LogP contribution in [0.15, 0.2) is 36.0 Å². The van der Waals surface area contributed by atoms with Crippen LogP contribution < -0.4 is 0 Å². The van der Waals surface area contributed by atoms with Crippen LogP contribution in [0, 0.1) is 16.7 Å². The normalized spacial score (nSPS) is 47.1. The van der Waals surface area contributed by atoms with Crippen LogP contribution in [0.1, 0.15) is 46.5 Å². The van der Waals surface area contributed by atoms with E-state index in [1.165, 1.54) is 6.08 Å². The van der Waals surface area contributed by atoms with Crippen LogP contribution in [0.2, 0.25) is 0 Å². The minimum absolute atomic E-state index is 0.0585. The molecule has 0 amide bonds. The number of rotatable bonds is 2. The van der Waals surface area contributed by atoms with Gasteiger partial charge in [-0.05, 0) is 37.7 Å². The number of esters is 2. The van der Waals surface area contributed by atoms with Crippen LogP contribution in [0.25, 0.3) is 0 Å². The molecule has 0 aromatic rings. The number of aliphatic hydroxyl groups is 3. The molecule has 0 unspecified atom stereocenters. The summed E-state index contributed by atoms with van der Waals surface area (Å²) >= 11 is 0. The lowest BCUT2D eigenvalue weighted by molar-refractivity contribution is -0.235. The zero-order chi connectivity index (χ0) is 28.0. The van der Waals surface area contributed by atoms with Crippen molar-refractivity contribution in [1.29, 1.82) is 0 Å². The maximum absolute atomic E-state index is 13.1. The first-order chi connectivity index (χ1) is 18.6. The van der Waals surface area contributed by atoms with Crippen molar-refractivity contribution < 1.29 is 48.6 Å². The molecule has 3 aliphatic heterocycles. The fourth-order valence-corrected chi connectivity index (χ4v) is 7.09. The third kappa shape index (κ3) is 4.69. The minimum atomic E-state index is -1.37. The maximum Gasteiger partial charge on any atom is 0.335 e. The smallest absolute Gasteiger partial charge is 0.335 e. The molecule has 10 nitrogen and oxygen atoms in total. The fourth-order valence-electron chi connectivity index (χ4n) is 7.09. The van der Waals surface area contributed by atoms with Gasteiger partial charge < -0.3 is 39.0 Å². The molecule has 2 spiro atoms. The molecule has 10 heteroatoms. The van der Waals surface area contributed by atoms with E-state index in [0.29, 0.717) is 32.3 Å². The number of carbonyl (C=O) groups excluding carboxylic acids is 2. The molecule has 216 valence electrons. The van der Waals surface area contributed by atoms with E-state index in [0.717, 1.165) is 5.57 Å². The average Bonchev–Trinajstić information content (AvgIpc) is 3.69. The molecule has 2 bridgehead atoms. The van der Waals surface area contributed by atoms with Crippen LogP contribution in [-0.2, 0) is 33.3 Å². The van der Waals surface area contributed by atoms with Gasteiger partial charge >= 0.3 is 11.9 Å². The van der Waals surface area contributed by atoms with E-state index in [4.69, 9.17) is 23.7 Å². The molecule has 39 heavy (non-hydrogen) atoms. The number of epoxide rings is 1. The summed E-state index contributed by atoms with van der Waals surface area (Å²) in [5.74, 6) is -1.72. The van der Waals surface area contributed by atoms with E-state index in [-0.39, 0.29) is 25.9 Å². The van der Waals surface area contributed by atoms with Gasteiger partial charge in [-0.2, -0.15) is 0 Å². The molecule has 2 aliphatic carbocycles. The van der Waals surface area contributed by atoms with Gasteiger partial charge in [0, 0.05) is 24.5 Å². The summed E-state index contributed by atoms with van der Waals surface area (Å²) < 4.78 is 30.3. The van der Waals surface area contributed by atoms with E-state index >= 15 is 0 Å². The highest BCUT2D eigenvalue weighted by molar-refractivity contribution is 5.82. The number of cyclic esters (lactones) is 1. The highest BCUT2D eigenvalue weighted by Gasteiger charge is 2.83. The summed E-state index contributed by atoms with van der Waals surface area (Å²) in [5, 5.41) is 30.7. The monoisotopic (exact) mass is 548 g/mol. The molecule has 5 aliphatic rings. The van der Waals surface area contributed by atoms with Crippen molar-refractivity contribution in [2.75, 3.05) is 26.4 Å². The molecule has 10 atom stereocenters. The van der Waals surface area contributed by atoms with Crippen molar-refractivity contribution in [2.24, 2.45) is 16.7 Å². The zero-order valence-electron chi connectivity index (χ0n) is 22.8. The van der Waals surface area contributed by atoms with Gasteiger partial charge in [0.2, 0.25) is 0 Å². The second-order valence-corrected chi connectivity index (χ2v) is 11.9. The van der Waals surface area contributed by atoms with Gasteiger partial charge in [0.1, 0.15) is 24.4 Å². The Labute approximate surface area is 228 Å². The van der Waals surface area contributed by atoms with Crippen molar-refractivity contribution in [3.8, 4) is 0 Å². The average molecular weight is 549 g/mol. The van der Waals surface area contributed by atoms with E-state index in [2.05, 4.69) is 0 Å². The van der Waals surface area contributed by atoms with Gasteiger partial charge in [-0.25, -0.2) is 9.59 Å². The molecule has 3 fully saturated rings. The van der Waals surface area contributed by atoms with Crippen LogP contribution >= 0.6 is 0 Å². The number of allylic oxidation sites excluding steroid dienone is 2. The van der Waals surface area contributed by atoms with Crippen molar-refractivity contribution in [2.45, 2.75) is 88.7 Å². The molecule has 2 saturated heterocycles. The molecule has 0 aromatic carbocycles. The minimum Gasteiger partial charge on any atom is -0.463 e. The summed E-state index contributed by atoms with van der Waals surface area (Å²) in [7, 11) is 0. The largest absolute Gasteiger partial charge is 0.463 e. The summed E-state index contributed by atoms with van der Waals surface area (Å²) in [6.45, 7) is 5.87. The number of aliphatic hydroxyl groups excluding tert-OH is 3. The summed E-state index contributed by atoms with van der Waals surface area (Å²) in [6, 6.07) is 0. The topological polar surface area (TPSA) is 144 Å². The van der Waals surface area contributed by atoms with Crippen LogP contribution in [0.4, 0.5) is 0 Å². The fraction of sp³-hybridized carbons (Fsp3) is 0.724. The zero-order valence-corrected chi connectivity index (χ0v) is 22.8. The molecular formula is C29H40O10. The highest BCUT2D eigenvalue weighted by atomic mass is 16.6. The first kappa shape index (κ1) is 28.4. The van der Waals surface area contributed by atoms with E-state index in [9.17, 15) is 24.9 Å². The van der Waals surface area contributed by atoms with E-state index in [1.807, 2.05) is 13.0 Å². The van der Waals surface area contributed by atoms with Gasteiger partial charge in [-0.15, -0.1) is 0 Å². The SMILES string of the molecule is C[C@@H]1CCO[C@@H]([C@@H](C)O)/C=C/C=C\C(=O)O[C@@H]2C[C@H]3O[C@@H]4C=C(CO)CC[C@]4(COC(=O)[C@H]1O)[C@]2(C)[C@]31CO1. The lowest BCUT2D eigenvalue weighted by Gasteiger charge is -2.58. The highest BCUT2D eigenvalue weighted by Crippen LogP contribution is 2.72. The van der Waals surface area contributed by atoms with Gasteiger partial charge in [-0.3, -0.25) is 0 Å². The molecule has 3 heterocycles. The lowest BCUT2D eigenvalue weighted by atomic mass is 9.51. The quantitative estimate of drug-likeness (QED) is 0.263. The number of carbonyl (C=O) groups is 2. The predicted molar refractivity (Wildman–Crippen MR) is 137 cm³/mol. The first-order valence-electron chi connectivity index (χ1n) is 13.9. The lowest BCUT2D eigenvalue weighted by Crippen LogP contribution is -2.67. The maximum atomic E-state index is 13.1. The van der Waals surface area contributed by atoms with Crippen LogP contribution in [0.3, 0.4) is 0 Å². The third-order valence-electron chi connectivity index (χ3n) is 9.81. The molecule has 0 radical (unpaired) electrons. The molecule has 5 rings (SSSR count). The Balaban J connectivity index is 1.51. The van der Waals surface area contributed by atoms with Crippen molar-refractivity contribution in [1.82, 2.24) is 0 Å². The van der Waals surface area contributed by atoms with Gasteiger partial charge in [0.15, 0.2) is 6.10 Å². The molecule has 1 saturated carbocycles. The van der Waals surface area contributed by atoms with Crippen LogP contribution in [-0.4, -0.2) is 95.9 Å². The molecule has 3 N–H and O–H groups in total. The Bertz CT molecular complexity index is 1040. The Kier molecular flexibility index (Phi) is 7.82. The summed E-state index contributed by atoms with van der Waals surface area (Å²) in [5.41, 5.74) is -1.39.